The van der Waals surface area contributed by atoms with E-state index in [0.717, 1.165) is 22.6 Å². The number of carbonyl (C=O) groups excluding carboxylic acids is 1. The van der Waals surface area contributed by atoms with Crippen LogP contribution in [0.4, 0.5) is 8.78 Å². The summed E-state index contributed by atoms with van der Waals surface area (Å²) in [5.41, 5.74) is 6.22. The molecule has 3 N–H and O–H groups in total. The Morgan fingerprint density at radius 1 is 1.60 bits per heavy atom. The second kappa shape index (κ2) is 6.42. The zero-order chi connectivity index (χ0) is 18.4. The van der Waals surface area contributed by atoms with Gasteiger partial charge in [-0.05, 0) is 13.0 Å². The summed E-state index contributed by atoms with van der Waals surface area (Å²) in [7, 11) is 0. The summed E-state index contributed by atoms with van der Waals surface area (Å²) in [6.07, 6.45) is 5.30. The van der Waals surface area contributed by atoms with Crippen LogP contribution in [0.3, 0.4) is 0 Å². The second-order valence-corrected chi connectivity index (χ2v) is 8.18. The number of nitrogens with one attached hydrogen (secondary N) is 3. The Morgan fingerprint density at radius 2 is 2.32 bits per heavy atom. The van der Waals surface area contributed by atoms with Crippen molar-refractivity contribution in [3.05, 3.63) is 35.4 Å². The standard InChI is InChI=1S/C15H16ClF2IN4O2/c1-8-4-9(21-22-11(8)25-7-15(17,18)19)5-23-6-14(13(16)20)3-2-10(14)12(23)24/h2-4,10,20-22H,5-7H2,1H3. The Labute approximate surface area is 161 Å². The van der Waals surface area contributed by atoms with Crippen molar-refractivity contribution in [2.75, 3.05) is 19.7 Å². The largest absolute Gasteiger partial charge is 0.471 e. The van der Waals surface area contributed by atoms with Crippen molar-refractivity contribution in [1.82, 2.24) is 15.8 Å². The number of alkyl halides is 3. The van der Waals surface area contributed by atoms with E-state index in [0.29, 0.717) is 24.4 Å². The van der Waals surface area contributed by atoms with Crippen molar-refractivity contribution in [1.29, 1.82) is 5.41 Å². The zero-order valence-corrected chi connectivity index (χ0v) is 16.1. The Kier molecular flexibility index (Phi) is 4.73. The van der Waals surface area contributed by atoms with E-state index in [1.165, 1.54) is 0 Å². The van der Waals surface area contributed by atoms with E-state index < -0.39 is 16.0 Å². The number of carbonyl (C=O) groups is 1. The van der Waals surface area contributed by atoms with Gasteiger partial charge in [0, 0.05) is 34.7 Å². The van der Waals surface area contributed by atoms with Crippen LogP contribution in [-0.4, -0.2) is 39.6 Å². The molecule has 2 atom stereocenters. The van der Waals surface area contributed by atoms with E-state index >= 15 is 0 Å². The molecular weight excluding hydrogens is 469 g/mol. The van der Waals surface area contributed by atoms with Gasteiger partial charge >= 0.3 is 3.93 Å². The maximum absolute atomic E-state index is 12.9. The van der Waals surface area contributed by atoms with Gasteiger partial charge in [0.2, 0.25) is 11.8 Å². The van der Waals surface area contributed by atoms with Gasteiger partial charge in [-0.15, -0.1) is 0 Å². The van der Waals surface area contributed by atoms with E-state index in [-0.39, 0.29) is 22.9 Å². The minimum absolute atomic E-state index is 0.0361. The Bertz CT molecular complexity index is 719. The SMILES string of the molecule is CC1=C(OCC(F)(F)I)NNC(CN2CC3(C(=N)Cl)C=CC3C2=O)=C1. The van der Waals surface area contributed by atoms with Crippen LogP contribution in [0.25, 0.3) is 0 Å². The molecule has 1 amide bonds. The maximum atomic E-state index is 12.9. The first-order valence-corrected chi connectivity index (χ1v) is 8.94. The highest BCUT2D eigenvalue weighted by Gasteiger charge is 2.56. The summed E-state index contributed by atoms with van der Waals surface area (Å²) in [5, 5.41) is 7.70. The minimum atomic E-state index is -2.95. The number of ether oxygens (including phenoxy) is 1. The third-order valence-corrected chi connectivity index (χ3v) is 5.07. The number of amides is 1. The number of hydrogen-bond acceptors (Lipinski definition) is 5. The summed E-state index contributed by atoms with van der Waals surface area (Å²) in [5.74, 6) is -0.242. The van der Waals surface area contributed by atoms with Crippen LogP contribution in [0, 0.1) is 16.7 Å². The molecular formula is C15H16ClF2IN4O2. The molecule has 10 heteroatoms. The molecule has 3 rings (SSSR count). The van der Waals surface area contributed by atoms with Crippen molar-refractivity contribution in [2.24, 2.45) is 11.3 Å². The van der Waals surface area contributed by atoms with Crippen molar-refractivity contribution < 1.29 is 18.3 Å². The molecule has 1 saturated heterocycles. The van der Waals surface area contributed by atoms with Crippen molar-refractivity contribution in [3.8, 4) is 0 Å². The molecule has 0 spiro atoms. The van der Waals surface area contributed by atoms with Crippen LogP contribution < -0.4 is 10.9 Å². The lowest BCUT2D eigenvalue weighted by atomic mass is 9.70. The summed E-state index contributed by atoms with van der Waals surface area (Å²) >= 11 is 6.90. The van der Waals surface area contributed by atoms with Gasteiger partial charge in [0.25, 0.3) is 0 Å². The first kappa shape index (κ1) is 18.4. The minimum Gasteiger partial charge on any atom is -0.471 e. The van der Waals surface area contributed by atoms with Crippen LogP contribution in [0.5, 0.6) is 0 Å². The van der Waals surface area contributed by atoms with Gasteiger partial charge in [0.15, 0.2) is 6.61 Å². The highest BCUT2D eigenvalue weighted by atomic mass is 127. The molecule has 0 aromatic rings. The van der Waals surface area contributed by atoms with Gasteiger partial charge in [0.1, 0.15) is 5.17 Å². The number of rotatable bonds is 6. The summed E-state index contributed by atoms with van der Waals surface area (Å²) in [6.45, 7) is 1.63. The third kappa shape index (κ3) is 3.48. The van der Waals surface area contributed by atoms with Crippen LogP contribution in [0.1, 0.15) is 6.92 Å². The Balaban J connectivity index is 1.66. The van der Waals surface area contributed by atoms with E-state index in [1.54, 1.807) is 30.1 Å². The van der Waals surface area contributed by atoms with Crippen molar-refractivity contribution in [2.45, 2.75) is 10.9 Å². The summed E-state index contributed by atoms with van der Waals surface area (Å²) in [4.78, 5) is 14.1. The quantitative estimate of drug-likeness (QED) is 0.234. The molecule has 2 aliphatic heterocycles. The van der Waals surface area contributed by atoms with Gasteiger partial charge < -0.3 is 15.1 Å². The number of hydrazine groups is 1. The monoisotopic (exact) mass is 484 g/mol. The number of halogens is 4. The lowest BCUT2D eigenvalue weighted by Gasteiger charge is -2.33. The second-order valence-electron chi connectivity index (χ2n) is 6.22. The van der Waals surface area contributed by atoms with Gasteiger partial charge in [-0.1, -0.05) is 23.8 Å². The number of fused-ring (bicyclic) bond motifs is 1. The molecule has 1 fully saturated rings. The van der Waals surface area contributed by atoms with Gasteiger partial charge in [0.05, 0.1) is 23.6 Å². The number of allylic oxidation sites excluding steroid dienone is 2. The van der Waals surface area contributed by atoms with Gasteiger partial charge in [-0.2, -0.15) is 8.78 Å². The molecule has 1 aliphatic carbocycles. The molecule has 3 aliphatic rings. The molecule has 0 aromatic heterocycles. The predicted octanol–water partition coefficient (Wildman–Crippen LogP) is 2.48. The first-order chi connectivity index (χ1) is 11.6. The zero-order valence-electron chi connectivity index (χ0n) is 13.2. The molecule has 136 valence electrons. The van der Waals surface area contributed by atoms with E-state index in [2.05, 4.69) is 10.9 Å². The molecule has 6 nitrogen and oxygen atoms in total. The summed E-state index contributed by atoms with van der Waals surface area (Å²) in [6, 6.07) is 0. The van der Waals surface area contributed by atoms with E-state index in [1.807, 2.05) is 0 Å². The number of hydrogen-bond donors (Lipinski definition) is 3. The topological polar surface area (TPSA) is 77.5 Å². The molecule has 0 aromatic carbocycles. The average Bonchev–Trinajstić information content (AvgIpc) is 2.65. The Morgan fingerprint density at radius 3 is 2.80 bits per heavy atom. The molecule has 2 unspecified atom stereocenters. The molecule has 0 bridgehead atoms. The smallest absolute Gasteiger partial charge is 0.329 e. The fourth-order valence-corrected chi connectivity index (χ4v) is 3.47. The third-order valence-electron chi connectivity index (χ3n) is 4.41. The number of likely N-dealkylation sites (tertiary alicyclic amines) is 1. The normalized spacial score (nSPS) is 28.0. The summed E-state index contributed by atoms with van der Waals surface area (Å²) < 4.78 is 27.9. The first-order valence-electron chi connectivity index (χ1n) is 7.48. The average molecular weight is 485 g/mol. The lowest BCUT2D eigenvalue weighted by Crippen LogP contribution is -2.41. The van der Waals surface area contributed by atoms with Crippen molar-refractivity contribution >= 4 is 45.3 Å². The van der Waals surface area contributed by atoms with Crippen LogP contribution in [0.15, 0.2) is 35.4 Å². The maximum Gasteiger partial charge on any atom is 0.329 e. The predicted molar refractivity (Wildman–Crippen MR) is 97.2 cm³/mol. The van der Waals surface area contributed by atoms with Crippen LogP contribution >= 0.6 is 34.2 Å². The van der Waals surface area contributed by atoms with Crippen LogP contribution in [-0.2, 0) is 9.53 Å². The lowest BCUT2D eigenvalue weighted by molar-refractivity contribution is -0.129. The highest BCUT2D eigenvalue weighted by Crippen LogP contribution is 2.48. The van der Waals surface area contributed by atoms with E-state index in [4.69, 9.17) is 21.7 Å². The van der Waals surface area contributed by atoms with Crippen LogP contribution in [0.2, 0.25) is 0 Å². The number of nitrogens with zero attached hydrogens (tertiary/aromatic N) is 1. The van der Waals surface area contributed by atoms with E-state index in [9.17, 15) is 13.6 Å². The molecule has 0 radical (unpaired) electrons. The van der Waals surface area contributed by atoms with Gasteiger partial charge in [-0.3, -0.25) is 15.6 Å². The molecule has 2 heterocycles. The fourth-order valence-electron chi connectivity index (χ4n) is 3.08. The molecule has 0 saturated carbocycles. The Hall–Kier alpha value is -1.36. The fraction of sp³-hybridized carbons (Fsp3) is 0.467. The molecule has 25 heavy (non-hydrogen) atoms. The highest BCUT2D eigenvalue weighted by molar-refractivity contribution is 14.1. The van der Waals surface area contributed by atoms with Crippen molar-refractivity contribution in [3.63, 3.8) is 0 Å². The van der Waals surface area contributed by atoms with Gasteiger partial charge in [-0.25, -0.2) is 0 Å².